The number of carbonyl (C=O) groups excluding carboxylic acids is 2. The lowest BCUT2D eigenvalue weighted by Gasteiger charge is -2.32. The van der Waals surface area contributed by atoms with Crippen molar-refractivity contribution in [1.29, 1.82) is 0 Å². The summed E-state index contributed by atoms with van der Waals surface area (Å²) < 4.78 is 11.3. The summed E-state index contributed by atoms with van der Waals surface area (Å²) >= 11 is 12.4. The zero-order chi connectivity index (χ0) is 27.1. The van der Waals surface area contributed by atoms with Gasteiger partial charge in [-0.1, -0.05) is 65.7 Å². The number of carbonyl (C=O) groups is 2. The van der Waals surface area contributed by atoms with Crippen LogP contribution in [0.4, 0.5) is 0 Å². The van der Waals surface area contributed by atoms with Gasteiger partial charge in [-0.15, -0.1) is 0 Å². The molecule has 6 nitrogen and oxygen atoms in total. The highest BCUT2D eigenvalue weighted by molar-refractivity contribution is 6.42. The van der Waals surface area contributed by atoms with Gasteiger partial charge >= 0.3 is 0 Å². The number of nitrogens with zero attached hydrogens (tertiary/aromatic N) is 1. The Kier molecular flexibility index (Phi) is 9.53. The Morgan fingerprint density at radius 3 is 2.29 bits per heavy atom. The highest BCUT2D eigenvalue weighted by Crippen LogP contribution is 2.31. The minimum absolute atomic E-state index is 0.0691. The highest BCUT2D eigenvalue weighted by atomic mass is 35.5. The van der Waals surface area contributed by atoms with Gasteiger partial charge in [0, 0.05) is 25.4 Å². The summed E-state index contributed by atoms with van der Waals surface area (Å²) in [5, 5.41) is 3.84. The average Bonchev–Trinajstić information content (AvgIpc) is 2.91. The number of rotatable bonds is 10. The Labute approximate surface area is 233 Å². The molecule has 0 saturated carbocycles. The first-order valence-electron chi connectivity index (χ1n) is 12.8. The molecule has 1 unspecified atom stereocenters. The van der Waals surface area contributed by atoms with Crippen LogP contribution in [0.1, 0.15) is 37.0 Å². The van der Waals surface area contributed by atoms with Crippen molar-refractivity contribution in [2.45, 2.75) is 51.7 Å². The lowest BCUT2D eigenvalue weighted by molar-refractivity contribution is -0.141. The number of fused-ring (bicyclic) bond motifs is 1. The summed E-state index contributed by atoms with van der Waals surface area (Å²) in [4.78, 5) is 28.9. The van der Waals surface area contributed by atoms with Crippen molar-refractivity contribution >= 4 is 35.0 Å². The maximum atomic E-state index is 13.8. The molecule has 0 bridgehead atoms. The van der Waals surface area contributed by atoms with Crippen LogP contribution in [0, 0.1) is 0 Å². The van der Waals surface area contributed by atoms with Gasteiger partial charge in [-0.05, 0) is 61.2 Å². The smallest absolute Gasteiger partial charge is 0.243 e. The molecule has 0 radical (unpaired) electrons. The molecule has 8 heteroatoms. The number of ether oxygens (including phenoxy) is 2. The molecular weight excluding hydrogens is 523 g/mol. The van der Waals surface area contributed by atoms with Crippen LogP contribution in [0.15, 0.2) is 66.7 Å². The first kappa shape index (κ1) is 27.8. The van der Waals surface area contributed by atoms with Gasteiger partial charge in [-0.2, -0.15) is 0 Å². The molecule has 200 valence electrons. The lowest BCUT2D eigenvalue weighted by atomic mass is 10.0. The largest absolute Gasteiger partial charge is 0.486 e. The minimum Gasteiger partial charge on any atom is -0.486 e. The summed E-state index contributed by atoms with van der Waals surface area (Å²) in [7, 11) is 0. The molecule has 0 saturated heterocycles. The molecule has 0 fully saturated rings. The summed E-state index contributed by atoms with van der Waals surface area (Å²) in [6, 6.07) is 19.9. The quantitative estimate of drug-likeness (QED) is 0.340. The number of hydrogen-bond acceptors (Lipinski definition) is 4. The van der Waals surface area contributed by atoms with E-state index < -0.39 is 6.04 Å². The number of benzene rings is 3. The maximum Gasteiger partial charge on any atom is 0.243 e. The number of aryl methyl sites for hydroxylation is 1. The Bertz CT molecular complexity index is 1270. The molecule has 4 rings (SSSR count). The van der Waals surface area contributed by atoms with Crippen LogP contribution in [0.2, 0.25) is 10.0 Å². The maximum absolute atomic E-state index is 13.8. The highest BCUT2D eigenvalue weighted by Gasteiger charge is 2.30. The van der Waals surface area contributed by atoms with Gasteiger partial charge in [0.15, 0.2) is 11.5 Å². The van der Waals surface area contributed by atoms with Crippen LogP contribution in [-0.2, 0) is 29.0 Å². The van der Waals surface area contributed by atoms with E-state index in [-0.39, 0.29) is 30.8 Å². The van der Waals surface area contributed by atoms with Crippen molar-refractivity contribution in [2.75, 3.05) is 13.2 Å². The van der Waals surface area contributed by atoms with Crippen LogP contribution in [-0.4, -0.2) is 42.0 Å². The number of halogens is 2. The van der Waals surface area contributed by atoms with Gasteiger partial charge in [-0.3, -0.25) is 9.59 Å². The predicted octanol–water partition coefficient (Wildman–Crippen LogP) is 5.86. The van der Waals surface area contributed by atoms with E-state index in [1.54, 1.807) is 17.0 Å². The zero-order valence-corrected chi connectivity index (χ0v) is 23.1. The van der Waals surface area contributed by atoms with Gasteiger partial charge in [0.1, 0.15) is 19.3 Å². The first-order valence-corrected chi connectivity index (χ1v) is 13.5. The molecular formula is C30H32Cl2N2O4. The number of hydrogen-bond donors (Lipinski definition) is 1. The normalized spacial score (nSPS) is 13.2. The Morgan fingerprint density at radius 1 is 0.868 bits per heavy atom. The molecule has 2 amide bonds. The van der Waals surface area contributed by atoms with E-state index in [1.807, 2.05) is 68.4 Å². The van der Waals surface area contributed by atoms with E-state index in [9.17, 15) is 9.59 Å². The zero-order valence-electron chi connectivity index (χ0n) is 21.6. The first-order chi connectivity index (χ1) is 18.3. The van der Waals surface area contributed by atoms with Gasteiger partial charge in [0.2, 0.25) is 11.8 Å². The summed E-state index contributed by atoms with van der Waals surface area (Å²) in [5.74, 6) is 1.07. The average molecular weight is 556 g/mol. The third kappa shape index (κ3) is 7.42. The summed E-state index contributed by atoms with van der Waals surface area (Å²) in [5.41, 5.74) is 2.72. The fourth-order valence-electron chi connectivity index (χ4n) is 4.41. The van der Waals surface area contributed by atoms with Crippen molar-refractivity contribution in [1.82, 2.24) is 10.2 Å². The SMILES string of the molecule is CC(C)NC(=O)C(Cc1ccccc1)N(Cc1ccc(Cl)c(Cl)c1)C(=O)CCc1ccc2c(c1)OCCO2. The molecule has 3 aromatic carbocycles. The number of nitrogens with one attached hydrogen (secondary N) is 1. The van der Waals surface area contributed by atoms with Crippen LogP contribution in [0.5, 0.6) is 11.5 Å². The van der Waals surface area contributed by atoms with E-state index in [2.05, 4.69) is 5.32 Å². The fraction of sp³-hybridized carbons (Fsp3) is 0.333. The Morgan fingerprint density at radius 2 is 1.58 bits per heavy atom. The topological polar surface area (TPSA) is 67.9 Å². The van der Waals surface area contributed by atoms with E-state index in [0.717, 1.165) is 16.7 Å². The molecule has 38 heavy (non-hydrogen) atoms. The van der Waals surface area contributed by atoms with Crippen molar-refractivity contribution in [3.05, 3.63) is 93.5 Å². The van der Waals surface area contributed by atoms with Crippen molar-refractivity contribution < 1.29 is 19.1 Å². The Balaban J connectivity index is 1.61. The predicted molar refractivity (Wildman–Crippen MR) is 150 cm³/mol. The monoisotopic (exact) mass is 554 g/mol. The van der Waals surface area contributed by atoms with E-state index >= 15 is 0 Å². The van der Waals surface area contributed by atoms with Crippen molar-refractivity contribution in [3.8, 4) is 11.5 Å². The third-order valence-corrected chi connectivity index (χ3v) is 7.01. The lowest BCUT2D eigenvalue weighted by Crippen LogP contribution is -2.51. The Hall–Kier alpha value is -3.22. The molecule has 3 aromatic rings. The second-order valence-electron chi connectivity index (χ2n) is 9.62. The minimum atomic E-state index is -0.706. The fourth-order valence-corrected chi connectivity index (χ4v) is 4.73. The van der Waals surface area contributed by atoms with E-state index in [1.165, 1.54) is 0 Å². The third-order valence-electron chi connectivity index (χ3n) is 6.27. The van der Waals surface area contributed by atoms with Crippen LogP contribution >= 0.6 is 23.2 Å². The van der Waals surface area contributed by atoms with Gasteiger partial charge < -0.3 is 19.7 Å². The van der Waals surface area contributed by atoms with Crippen LogP contribution < -0.4 is 14.8 Å². The standard InChI is InChI=1S/C30H32Cl2N2O4/c1-20(2)33-30(36)26(17-21-6-4-3-5-7-21)34(19-23-8-11-24(31)25(32)16-23)29(35)13-10-22-9-12-27-28(18-22)38-15-14-37-27/h3-9,11-12,16,18,20,26H,10,13-15,17,19H2,1-2H3,(H,33,36). The molecule has 1 aliphatic rings. The van der Waals surface area contributed by atoms with Gasteiger partial charge in [0.05, 0.1) is 10.0 Å². The van der Waals surface area contributed by atoms with Crippen LogP contribution in [0.3, 0.4) is 0 Å². The van der Waals surface area contributed by atoms with E-state index in [4.69, 9.17) is 32.7 Å². The molecule has 0 spiro atoms. The molecule has 0 aliphatic carbocycles. The van der Waals surface area contributed by atoms with Gasteiger partial charge in [0.25, 0.3) is 0 Å². The van der Waals surface area contributed by atoms with Crippen molar-refractivity contribution in [2.24, 2.45) is 0 Å². The summed E-state index contributed by atoms with van der Waals surface area (Å²) in [6.45, 7) is 5.06. The molecule has 1 atom stereocenters. The number of amides is 2. The molecule has 1 heterocycles. The van der Waals surface area contributed by atoms with Gasteiger partial charge in [-0.25, -0.2) is 0 Å². The second-order valence-corrected chi connectivity index (χ2v) is 10.4. The molecule has 1 N–H and O–H groups in total. The van der Waals surface area contributed by atoms with E-state index in [0.29, 0.717) is 47.6 Å². The second kappa shape index (κ2) is 13.0. The molecule has 1 aliphatic heterocycles. The van der Waals surface area contributed by atoms with Crippen molar-refractivity contribution in [3.63, 3.8) is 0 Å². The summed E-state index contributed by atoms with van der Waals surface area (Å²) in [6.07, 6.45) is 1.11. The molecule has 0 aromatic heterocycles. The van der Waals surface area contributed by atoms with Crippen LogP contribution in [0.25, 0.3) is 0 Å².